The van der Waals surface area contributed by atoms with Crippen molar-refractivity contribution in [1.82, 2.24) is 15.0 Å². The Bertz CT molecular complexity index is 581. The van der Waals surface area contributed by atoms with Crippen LogP contribution in [-0.4, -0.2) is 15.0 Å². The van der Waals surface area contributed by atoms with Gasteiger partial charge in [-0.3, -0.25) is 9.97 Å². The summed E-state index contributed by atoms with van der Waals surface area (Å²) in [5, 5.41) is 0. The summed E-state index contributed by atoms with van der Waals surface area (Å²) in [4.78, 5) is 12.9. The van der Waals surface area contributed by atoms with Gasteiger partial charge < -0.3 is 0 Å². The van der Waals surface area contributed by atoms with Crippen molar-refractivity contribution in [1.29, 1.82) is 0 Å². The standard InChI is InChI=1S/C15H11N3/c1-2-5-12(6-3-1)13-7-4-8-14(18-13)15-11-16-9-10-17-15/h1-11H. The van der Waals surface area contributed by atoms with Crippen LogP contribution in [0.3, 0.4) is 0 Å². The highest BCUT2D eigenvalue weighted by Crippen LogP contribution is 2.20. The Morgan fingerprint density at radius 3 is 2.28 bits per heavy atom. The summed E-state index contributed by atoms with van der Waals surface area (Å²) in [5.74, 6) is 0. The number of aromatic nitrogens is 3. The van der Waals surface area contributed by atoms with Crippen LogP contribution in [0.4, 0.5) is 0 Å². The monoisotopic (exact) mass is 233 g/mol. The maximum absolute atomic E-state index is 4.61. The van der Waals surface area contributed by atoms with Gasteiger partial charge in [0.1, 0.15) is 5.69 Å². The Balaban J connectivity index is 2.05. The summed E-state index contributed by atoms with van der Waals surface area (Å²) >= 11 is 0. The normalized spacial score (nSPS) is 10.2. The van der Waals surface area contributed by atoms with E-state index in [1.165, 1.54) is 0 Å². The van der Waals surface area contributed by atoms with Gasteiger partial charge in [0, 0.05) is 18.0 Å². The molecule has 0 radical (unpaired) electrons. The predicted octanol–water partition coefficient (Wildman–Crippen LogP) is 3.21. The summed E-state index contributed by atoms with van der Waals surface area (Å²) in [6.07, 6.45) is 5.05. The molecule has 0 spiro atoms. The van der Waals surface area contributed by atoms with Crippen LogP contribution in [0.2, 0.25) is 0 Å². The van der Waals surface area contributed by atoms with Crippen molar-refractivity contribution < 1.29 is 0 Å². The van der Waals surface area contributed by atoms with Gasteiger partial charge in [0.2, 0.25) is 0 Å². The minimum atomic E-state index is 0.787. The van der Waals surface area contributed by atoms with Gasteiger partial charge in [-0.15, -0.1) is 0 Å². The molecular formula is C15H11N3. The number of pyridine rings is 1. The van der Waals surface area contributed by atoms with Gasteiger partial charge in [0.25, 0.3) is 0 Å². The Hall–Kier alpha value is -2.55. The van der Waals surface area contributed by atoms with Crippen LogP contribution in [0.1, 0.15) is 0 Å². The molecule has 0 saturated heterocycles. The molecule has 0 aliphatic heterocycles. The number of benzene rings is 1. The lowest BCUT2D eigenvalue weighted by Gasteiger charge is -2.03. The van der Waals surface area contributed by atoms with E-state index in [4.69, 9.17) is 0 Å². The van der Waals surface area contributed by atoms with Crippen LogP contribution in [0.5, 0.6) is 0 Å². The molecule has 0 fully saturated rings. The molecule has 0 saturated carbocycles. The molecule has 0 unspecified atom stereocenters. The van der Waals surface area contributed by atoms with Gasteiger partial charge in [-0.1, -0.05) is 36.4 Å². The van der Waals surface area contributed by atoms with Crippen molar-refractivity contribution in [3.05, 3.63) is 67.1 Å². The Morgan fingerprint density at radius 1 is 0.667 bits per heavy atom. The van der Waals surface area contributed by atoms with E-state index < -0.39 is 0 Å². The fraction of sp³-hybridized carbons (Fsp3) is 0. The number of hydrogen-bond donors (Lipinski definition) is 0. The molecule has 3 heteroatoms. The zero-order chi connectivity index (χ0) is 12.2. The van der Waals surface area contributed by atoms with Crippen LogP contribution in [0, 0.1) is 0 Å². The SMILES string of the molecule is c1ccc(-c2cccc(-c3cnccn3)n2)cc1. The second-order valence-corrected chi connectivity index (χ2v) is 3.86. The maximum Gasteiger partial charge on any atom is 0.107 e. The van der Waals surface area contributed by atoms with Crippen LogP contribution >= 0.6 is 0 Å². The third kappa shape index (κ3) is 2.11. The highest BCUT2D eigenvalue weighted by Gasteiger charge is 2.03. The summed E-state index contributed by atoms with van der Waals surface area (Å²) in [6, 6.07) is 16.0. The molecule has 3 aromatic rings. The first-order valence-corrected chi connectivity index (χ1v) is 5.72. The molecule has 86 valence electrons. The third-order valence-electron chi connectivity index (χ3n) is 2.64. The molecule has 0 atom stereocenters. The maximum atomic E-state index is 4.61. The van der Waals surface area contributed by atoms with Crippen molar-refractivity contribution in [2.75, 3.05) is 0 Å². The lowest BCUT2D eigenvalue weighted by Crippen LogP contribution is -1.90. The zero-order valence-corrected chi connectivity index (χ0v) is 9.69. The van der Waals surface area contributed by atoms with Crippen LogP contribution < -0.4 is 0 Å². The average molecular weight is 233 g/mol. The highest BCUT2D eigenvalue weighted by atomic mass is 14.8. The molecule has 2 heterocycles. The van der Waals surface area contributed by atoms with Crippen LogP contribution in [-0.2, 0) is 0 Å². The predicted molar refractivity (Wildman–Crippen MR) is 70.7 cm³/mol. The van der Waals surface area contributed by atoms with Gasteiger partial charge in [0.05, 0.1) is 17.6 Å². The third-order valence-corrected chi connectivity index (χ3v) is 2.64. The highest BCUT2D eigenvalue weighted by molar-refractivity contribution is 5.63. The minimum absolute atomic E-state index is 0.787. The first-order chi connectivity index (χ1) is 8.93. The van der Waals surface area contributed by atoms with Crippen molar-refractivity contribution >= 4 is 0 Å². The minimum Gasteiger partial charge on any atom is -0.261 e. The van der Waals surface area contributed by atoms with E-state index in [0.29, 0.717) is 0 Å². The molecule has 1 aromatic carbocycles. The Kier molecular flexibility index (Phi) is 2.80. The molecule has 3 rings (SSSR count). The van der Waals surface area contributed by atoms with Gasteiger partial charge in [0.15, 0.2) is 0 Å². The molecule has 0 bridgehead atoms. The van der Waals surface area contributed by atoms with Gasteiger partial charge >= 0.3 is 0 Å². The molecule has 0 N–H and O–H groups in total. The van der Waals surface area contributed by atoms with Crippen molar-refractivity contribution in [3.8, 4) is 22.6 Å². The lowest BCUT2D eigenvalue weighted by molar-refractivity contribution is 1.18. The van der Waals surface area contributed by atoms with Crippen LogP contribution in [0.15, 0.2) is 67.1 Å². The molecular weight excluding hydrogens is 222 g/mol. The quantitative estimate of drug-likeness (QED) is 0.682. The van der Waals surface area contributed by atoms with Crippen molar-refractivity contribution in [3.63, 3.8) is 0 Å². The van der Waals surface area contributed by atoms with Crippen molar-refractivity contribution in [2.24, 2.45) is 0 Å². The molecule has 0 amide bonds. The summed E-state index contributed by atoms with van der Waals surface area (Å²) in [5.41, 5.74) is 3.67. The smallest absolute Gasteiger partial charge is 0.107 e. The second kappa shape index (κ2) is 4.75. The summed E-state index contributed by atoms with van der Waals surface area (Å²) in [6.45, 7) is 0. The average Bonchev–Trinajstić information content (AvgIpc) is 2.49. The Morgan fingerprint density at radius 2 is 1.50 bits per heavy atom. The van der Waals surface area contributed by atoms with Crippen LogP contribution in [0.25, 0.3) is 22.6 Å². The van der Waals surface area contributed by atoms with E-state index in [2.05, 4.69) is 15.0 Å². The van der Waals surface area contributed by atoms with E-state index >= 15 is 0 Å². The number of hydrogen-bond acceptors (Lipinski definition) is 3. The van der Waals surface area contributed by atoms with E-state index in [1.807, 2.05) is 48.5 Å². The number of rotatable bonds is 2. The second-order valence-electron chi connectivity index (χ2n) is 3.86. The molecule has 0 aliphatic carbocycles. The lowest BCUT2D eigenvalue weighted by atomic mass is 10.1. The first-order valence-electron chi connectivity index (χ1n) is 5.72. The Labute approximate surface area is 105 Å². The zero-order valence-electron chi connectivity index (χ0n) is 9.69. The molecule has 3 nitrogen and oxygen atoms in total. The van der Waals surface area contributed by atoms with Gasteiger partial charge in [-0.25, -0.2) is 4.98 Å². The summed E-state index contributed by atoms with van der Waals surface area (Å²) < 4.78 is 0. The first kappa shape index (κ1) is 10.6. The van der Waals surface area contributed by atoms with E-state index in [0.717, 1.165) is 22.6 Å². The van der Waals surface area contributed by atoms with E-state index in [-0.39, 0.29) is 0 Å². The molecule has 18 heavy (non-hydrogen) atoms. The molecule has 2 aromatic heterocycles. The van der Waals surface area contributed by atoms with Crippen molar-refractivity contribution in [2.45, 2.75) is 0 Å². The largest absolute Gasteiger partial charge is 0.261 e. The van der Waals surface area contributed by atoms with Gasteiger partial charge in [-0.05, 0) is 12.1 Å². The fourth-order valence-corrected chi connectivity index (χ4v) is 1.78. The van der Waals surface area contributed by atoms with E-state index in [9.17, 15) is 0 Å². The number of nitrogens with zero attached hydrogens (tertiary/aromatic N) is 3. The fourth-order valence-electron chi connectivity index (χ4n) is 1.78. The summed E-state index contributed by atoms with van der Waals surface area (Å²) in [7, 11) is 0. The van der Waals surface area contributed by atoms with E-state index in [1.54, 1.807) is 18.6 Å². The van der Waals surface area contributed by atoms with Gasteiger partial charge in [-0.2, -0.15) is 0 Å². The molecule has 0 aliphatic rings. The topological polar surface area (TPSA) is 38.7 Å².